The maximum absolute atomic E-state index is 12.7. The van der Waals surface area contributed by atoms with E-state index in [4.69, 9.17) is 0 Å². The number of carbonyl (C=O) groups is 1. The van der Waals surface area contributed by atoms with Crippen LogP contribution in [0.3, 0.4) is 0 Å². The van der Waals surface area contributed by atoms with Crippen molar-refractivity contribution in [2.45, 2.75) is 45.2 Å². The van der Waals surface area contributed by atoms with E-state index in [1.54, 1.807) is 12.4 Å². The van der Waals surface area contributed by atoms with Gasteiger partial charge in [0.1, 0.15) is 12.4 Å². The van der Waals surface area contributed by atoms with E-state index in [-0.39, 0.29) is 11.9 Å². The zero-order chi connectivity index (χ0) is 14.7. The predicted octanol–water partition coefficient (Wildman–Crippen LogP) is 1.92. The number of hydrogen-bond donors (Lipinski definition) is 1. The molecule has 6 heteroatoms. The lowest BCUT2D eigenvalue weighted by atomic mass is 9.99. The number of hydrogen-bond acceptors (Lipinski definition) is 3. The summed E-state index contributed by atoms with van der Waals surface area (Å²) in [7, 11) is 0. The number of nitrogens with zero attached hydrogens (tertiary/aromatic N) is 4. The van der Waals surface area contributed by atoms with E-state index in [0.717, 1.165) is 43.7 Å². The van der Waals surface area contributed by atoms with Crippen LogP contribution in [0.25, 0.3) is 0 Å². The molecule has 0 saturated carbocycles. The third kappa shape index (κ3) is 2.84. The number of rotatable bonds is 4. The molecule has 3 heterocycles. The molecular weight excluding hydrogens is 266 g/mol. The Hall–Kier alpha value is -2.11. The van der Waals surface area contributed by atoms with Crippen LogP contribution >= 0.6 is 0 Å². The summed E-state index contributed by atoms with van der Waals surface area (Å²) in [5, 5.41) is 7.03. The lowest BCUT2D eigenvalue weighted by molar-refractivity contribution is -0.135. The molecule has 0 unspecified atom stereocenters. The van der Waals surface area contributed by atoms with Gasteiger partial charge in [0.05, 0.1) is 11.7 Å². The standard InChI is InChI=1S/C15H21N5O/c1-2-14-16-8-10-19(14)11-15(21)20-9-4-3-5-13(20)12-6-7-17-18-12/h6-8,10,13H,2-5,9,11H2,1H3,(H,17,18)/t13-/m1/s1. The smallest absolute Gasteiger partial charge is 0.243 e. The Balaban J connectivity index is 1.75. The van der Waals surface area contributed by atoms with E-state index in [1.807, 2.05) is 21.7 Å². The van der Waals surface area contributed by atoms with Gasteiger partial charge < -0.3 is 9.47 Å². The van der Waals surface area contributed by atoms with Crippen LogP contribution < -0.4 is 0 Å². The number of piperidine rings is 1. The fourth-order valence-electron chi connectivity index (χ4n) is 3.04. The molecule has 6 nitrogen and oxygen atoms in total. The van der Waals surface area contributed by atoms with E-state index in [2.05, 4.69) is 22.1 Å². The Morgan fingerprint density at radius 3 is 3.10 bits per heavy atom. The van der Waals surface area contributed by atoms with Gasteiger partial charge in [-0.25, -0.2) is 4.98 Å². The van der Waals surface area contributed by atoms with Crippen LogP contribution in [0.4, 0.5) is 0 Å². The van der Waals surface area contributed by atoms with Crippen molar-refractivity contribution in [3.8, 4) is 0 Å². The molecular formula is C15H21N5O. The molecule has 1 saturated heterocycles. The second-order valence-corrected chi connectivity index (χ2v) is 5.44. The molecule has 112 valence electrons. The minimum atomic E-state index is 0.127. The molecule has 1 atom stereocenters. The number of aromatic amines is 1. The second-order valence-electron chi connectivity index (χ2n) is 5.44. The molecule has 2 aromatic heterocycles. The number of imidazole rings is 1. The van der Waals surface area contributed by atoms with E-state index in [9.17, 15) is 4.79 Å². The summed E-state index contributed by atoms with van der Waals surface area (Å²) in [6, 6.07) is 2.09. The van der Waals surface area contributed by atoms with E-state index < -0.39 is 0 Å². The van der Waals surface area contributed by atoms with Crippen molar-refractivity contribution in [3.05, 3.63) is 36.2 Å². The van der Waals surface area contributed by atoms with Crippen molar-refractivity contribution in [1.82, 2.24) is 24.6 Å². The topological polar surface area (TPSA) is 66.8 Å². The molecule has 1 amide bonds. The second kappa shape index (κ2) is 6.11. The van der Waals surface area contributed by atoms with Gasteiger partial charge in [-0.15, -0.1) is 0 Å². The quantitative estimate of drug-likeness (QED) is 0.934. The van der Waals surface area contributed by atoms with Crippen LogP contribution in [0.1, 0.15) is 43.7 Å². The van der Waals surface area contributed by atoms with Gasteiger partial charge in [0, 0.05) is 31.6 Å². The predicted molar refractivity (Wildman–Crippen MR) is 78.5 cm³/mol. The molecule has 0 aliphatic carbocycles. The van der Waals surface area contributed by atoms with E-state index in [0.29, 0.717) is 6.54 Å². The Bertz CT molecular complexity index is 589. The first kappa shape index (κ1) is 13.9. The third-order valence-corrected chi connectivity index (χ3v) is 4.13. The number of likely N-dealkylation sites (tertiary alicyclic amines) is 1. The minimum Gasteiger partial charge on any atom is -0.333 e. The Labute approximate surface area is 124 Å². The maximum atomic E-state index is 12.7. The lowest BCUT2D eigenvalue weighted by Gasteiger charge is -2.35. The molecule has 1 aliphatic rings. The first-order valence-electron chi connectivity index (χ1n) is 7.58. The molecule has 1 N–H and O–H groups in total. The van der Waals surface area contributed by atoms with E-state index in [1.165, 1.54) is 0 Å². The van der Waals surface area contributed by atoms with Gasteiger partial charge in [0.15, 0.2) is 0 Å². The van der Waals surface area contributed by atoms with Gasteiger partial charge in [0.25, 0.3) is 0 Å². The molecule has 0 spiro atoms. The maximum Gasteiger partial charge on any atom is 0.243 e. The van der Waals surface area contributed by atoms with Crippen molar-refractivity contribution < 1.29 is 4.79 Å². The molecule has 1 fully saturated rings. The summed E-state index contributed by atoms with van der Waals surface area (Å²) in [5.41, 5.74) is 1.03. The summed E-state index contributed by atoms with van der Waals surface area (Å²) in [6.07, 6.45) is 9.45. The average molecular weight is 287 g/mol. The summed E-state index contributed by atoms with van der Waals surface area (Å²) >= 11 is 0. The third-order valence-electron chi connectivity index (χ3n) is 4.13. The van der Waals surface area contributed by atoms with Gasteiger partial charge in [0.2, 0.25) is 5.91 Å². The Kier molecular flexibility index (Phi) is 4.03. The highest BCUT2D eigenvalue weighted by Crippen LogP contribution is 2.29. The fraction of sp³-hybridized carbons (Fsp3) is 0.533. The SMILES string of the molecule is CCc1nccn1CC(=O)N1CCCC[C@@H]1c1ccn[nH]1. The van der Waals surface area contributed by atoms with E-state index >= 15 is 0 Å². The number of amides is 1. The zero-order valence-corrected chi connectivity index (χ0v) is 12.3. The number of carbonyl (C=O) groups excluding carboxylic acids is 1. The minimum absolute atomic E-state index is 0.127. The van der Waals surface area contributed by atoms with Crippen LogP contribution in [0.2, 0.25) is 0 Å². The van der Waals surface area contributed by atoms with Crippen molar-refractivity contribution >= 4 is 5.91 Å². The molecule has 0 aromatic carbocycles. The summed E-state index contributed by atoms with van der Waals surface area (Å²) in [4.78, 5) is 18.9. The van der Waals surface area contributed by atoms with Crippen LogP contribution in [-0.4, -0.2) is 37.1 Å². The first-order valence-corrected chi connectivity index (χ1v) is 7.58. The highest BCUT2D eigenvalue weighted by atomic mass is 16.2. The van der Waals surface area contributed by atoms with Gasteiger partial charge in [-0.05, 0) is 25.3 Å². The van der Waals surface area contributed by atoms with Gasteiger partial charge in [-0.3, -0.25) is 9.89 Å². The Morgan fingerprint density at radius 2 is 2.33 bits per heavy atom. The molecule has 3 rings (SSSR count). The van der Waals surface area contributed by atoms with Crippen LogP contribution in [0, 0.1) is 0 Å². The zero-order valence-electron chi connectivity index (χ0n) is 12.3. The normalized spacial score (nSPS) is 18.9. The van der Waals surface area contributed by atoms with Gasteiger partial charge in [-0.1, -0.05) is 6.92 Å². The first-order chi connectivity index (χ1) is 10.3. The van der Waals surface area contributed by atoms with Crippen LogP contribution in [-0.2, 0) is 17.8 Å². The van der Waals surface area contributed by atoms with Crippen molar-refractivity contribution in [1.29, 1.82) is 0 Å². The van der Waals surface area contributed by atoms with Crippen molar-refractivity contribution in [2.75, 3.05) is 6.54 Å². The lowest BCUT2D eigenvalue weighted by Crippen LogP contribution is -2.40. The summed E-state index contributed by atoms with van der Waals surface area (Å²) in [5.74, 6) is 1.11. The van der Waals surface area contributed by atoms with Crippen molar-refractivity contribution in [3.63, 3.8) is 0 Å². The van der Waals surface area contributed by atoms with Crippen LogP contribution in [0.5, 0.6) is 0 Å². The highest BCUT2D eigenvalue weighted by Gasteiger charge is 2.28. The average Bonchev–Trinajstić information content (AvgIpc) is 3.18. The summed E-state index contributed by atoms with van der Waals surface area (Å²) < 4.78 is 1.95. The molecule has 0 radical (unpaired) electrons. The van der Waals surface area contributed by atoms with Gasteiger partial charge >= 0.3 is 0 Å². The molecule has 0 bridgehead atoms. The largest absolute Gasteiger partial charge is 0.333 e. The number of aryl methyl sites for hydroxylation is 1. The number of nitrogens with one attached hydrogen (secondary N) is 1. The highest BCUT2D eigenvalue weighted by molar-refractivity contribution is 5.76. The molecule has 21 heavy (non-hydrogen) atoms. The van der Waals surface area contributed by atoms with Crippen molar-refractivity contribution in [2.24, 2.45) is 0 Å². The molecule has 2 aromatic rings. The molecule has 1 aliphatic heterocycles. The van der Waals surface area contributed by atoms with Gasteiger partial charge in [-0.2, -0.15) is 5.10 Å². The van der Waals surface area contributed by atoms with Crippen LogP contribution in [0.15, 0.2) is 24.7 Å². The number of H-pyrrole nitrogens is 1. The fourth-order valence-corrected chi connectivity index (χ4v) is 3.04. The summed E-state index contributed by atoms with van der Waals surface area (Å²) in [6.45, 7) is 3.24. The monoisotopic (exact) mass is 287 g/mol. The Morgan fingerprint density at radius 1 is 1.43 bits per heavy atom. The number of aromatic nitrogens is 4.